The molecule has 0 radical (unpaired) electrons. The molecule has 0 aliphatic carbocycles. The molecular weight excluding hydrogens is 266 g/mol. The number of piperidine rings is 1. The highest BCUT2D eigenvalue weighted by Gasteiger charge is 2.41. The molecule has 1 unspecified atom stereocenters. The molecule has 7 heteroatoms. The van der Waals surface area contributed by atoms with Crippen LogP contribution in [0.15, 0.2) is 0 Å². The minimum atomic E-state index is -1.05. The van der Waals surface area contributed by atoms with Crippen molar-refractivity contribution in [2.45, 2.75) is 50.4 Å². The Balaban J connectivity index is 2.03. The van der Waals surface area contributed by atoms with E-state index >= 15 is 0 Å². The standard InChI is InChI=1S/C13H19NO6/c1-19-13(18)8-4-2-3-7-14(8)11(15)9-5-6-10(20-9)12(16)17/h8-10H,2-7H2,1H3,(H,16,17)/t8?,9-,10+/m0/s1. The summed E-state index contributed by atoms with van der Waals surface area (Å²) in [5.74, 6) is -1.78. The van der Waals surface area contributed by atoms with Crippen LogP contribution in [0.1, 0.15) is 32.1 Å². The van der Waals surface area contributed by atoms with E-state index < -0.39 is 30.2 Å². The summed E-state index contributed by atoms with van der Waals surface area (Å²) >= 11 is 0. The molecule has 1 N–H and O–H groups in total. The molecule has 0 saturated carbocycles. The number of aliphatic carboxylic acids is 1. The number of carboxylic acid groups (broad SMARTS) is 1. The Morgan fingerprint density at radius 1 is 1.15 bits per heavy atom. The Labute approximate surface area is 116 Å². The fourth-order valence-electron chi connectivity index (χ4n) is 2.76. The van der Waals surface area contributed by atoms with Crippen LogP contribution in [0.2, 0.25) is 0 Å². The van der Waals surface area contributed by atoms with Crippen LogP contribution in [0.25, 0.3) is 0 Å². The first-order valence-corrected chi connectivity index (χ1v) is 6.81. The summed E-state index contributed by atoms with van der Waals surface area (Å²) in [6.07, 6.45) is 1.28. The molecule has 112 valence electrons. The second-order valence-corrected chi connectivity index (χ2v) is 5.10. The number of nitrogens with zero attached hydrogens (tertiary/aromatic N) is 1. The number of likely N-dealkylation sites (tertiary alicyclic amines) is 1. The number of rotatable bonds is 3. The maximum Gasteiger partial charge on any atom is 0.332 e. The summed E-state index contributed by atoms with van der Waals surface area (Å²) < 4.78 is 9.98. The van der Waals surface area contributed by atoms with Crippen LogP contribution in [0.3, 0.4) is 0 Å². The average Bonchev–Trinajstić information content (AvgIpc) is 2.95. The Hall–Kier alpha value is -1.63. The predicted octanol–water partition coefficient (Wildman–Crippen LogP) is 0.173. The summed E-state index contributed by atoms with van der Waals surface area (Å²) in [7, 11) is 1.30. The number of carbonyl (C=O) groups is 3. The predicted molar refractivity (Wildman–Crippen MR) is 66.9 cm³/mol. The lowest BCUT2D eigenvalue weighted by Crippen LogP contribution is -2.52. The Kier molecular flexibility index (Phi) is 4.59. The van der Waals surface area contributed by atoms with E-state index in [1.165, 1.54) is 12.0 Å². The Morgan fingerprint density at radius 3 is 2.45 bits per heavy atom. The third kappa shape index (κ3) is 2.92. The normalized spacial score (nSPS) is 30.1. The fraction of sp³-hybridized carbons (Fsp3) is 0.769. The SMILES string of the molecule is COC(=O)C1CCCCN1C(=O)[C@@H]1CC[C@H](C(=O)O)O1. The van der Waals surface area contributed by atoms with Gasteiger partial charge in [0, 0.05) is 6.54 Å². The van der Waals surface area contributed by atoms with Crippen molar-refractivity contribution in [2.75, 3.05) is 13.7 Å². The highest BCUT2D eigenvalue weighted by Crippen LogP contribution is 2.25. The van der Waals surface area contributed by atoms with Crippen molar-refractivity contribution in [3.8, 4) is 0 Å². The number of ether oxygens (including phenoxy) is 2. The molecule has 2 saturated heterocycles. The molecule has 0 bridgehead atoms. The topological polar surface area (TPSA) is 93.1 Å². The van der Waals surface area contributed by atoms with Gasteiger partial charge in [-0.25, -0.2) is 9.59 Å². The van der Waals surface area contributed by atoms with E-state index in [4.69, 9.17) is 14.6 Å². The second-order valence-electron chi connectivity index (χ2n) is 5.10. The number of methoxy groups -OCH3 is 1. The van der Waals surface area contributed by atoms with Gasteiger partial charge >= 0.3 is 11.9 Å². The van der Waals surface area contributed by atoms with E-state index in [1.807, 2.05) is 0 Å². The first kappa shape index (κ1) is 14.8. The molecule has 7 nitrogen and oxygen atoms in total. The lowest BCUT2D eigenvalue weighted by molar-refractivity contribution is -0.162. The third-order valence-electron chi connectivity index (χ3n) is 3.83. The summed E-state index contributed by atoms with van der Waals surface area (Å²) in [5, 5.41) is 8.88. The van der Waals surface area contributed by atoms with Gasteiger partial charge in [0.15, 0.2) is 6.10 Å². The maximum absolute atomic E-state index is 12.4. The van der Waals surface area contributed by atoms with E-state index in [1.54, 1.807) is 0 Å². The van der Waals surface area contributed by atoms with Crippen molar-refractivity contribution < 1.29 is 29.0 Å². The molecule has 0 spiro atoms. The summed E-state index contributed by atoms with van der Waals surface area (Å²) in [4.78, 5) is 36.4. The fourth-order valence-corrected chi connectivity index (χ4v) is 2.76. The molecule has 2 fully saturated rings. The molecule has 2 aliphatic heterocycles. The maximum atomic E-state index is 12.4. The van der Waals surface area contributed by atoms with Gasteiger partial charge in [-0.1, -0.05) is 0 Å². The van der Waals surface area contributed by atoms with Crippen molar-refractivity contribution >= 4 is 17.8 Å². The van der Waals surface area contributed by atoms with E-state index in [9.17, 15) is 14.4 Å². The number of carboxylic acids is 1. The minimum Gasteiger partial charge on any atom is -0.479 e. The molecule has 2 aliphatic rings. The second kappa shape index (κ2) is 6.21. The van der Waals surface area contributed by atoms with Gasteiger partial charge in [0.2, 0.25) is 0 Å². The lowest BCUT2D eigenvalue weighted by Gasteiger charge is -2.35. The number of hydrogen-bond donors (Lipinski definition) is 1. The summed E-state index contributed by atoms with van der Waals surface area (Å²) in [5.41, 5.74) is 0. The van der Waals surface area contributed by atoms with Crippen LogP contribution in [-0.2, 0) is 23.9 Å². The van der Waals surface area contributed by atoms with Crippen LogP contribution in [0.5, 0.6) is 0 Å². The van der Waals surface area contributed by atoms with Crippen LogP contribution >= 0.6 is 0 Å². The molecule has 2 rings (SSSR count). The van der Waals surface area contributed by atoms with Gasteiger partial charge in [-0.2, -0.15) is 0 Å². The van der Waals surface area contributed by atoms with Gasteiger partial charge < -0.3 is 19.5 Å². The van der Waals surface area contributed by atoms with E-state index in [-0.39, 0.29) is 5.91 Å². The number of carbonyl (C=O) groups excluding carboxylic acids is 2. The van der Waals surface area contributed by atoms with Gasteiger partial charge in [0.05, 0.1) is 7.11 Å². The van der Waals surface area contributed by atoms with Crippen molar-refractivity contribution in [2.24, 2.45) is 0 Å². The van der Waals surface area contributed by atoms with Gasteiger partial charge in [0.25, 0.3) is 5.91 Å². The van der Waals surface area contributed by atoms with E-state index in [0.717, 1.165) is 12.8 Å². The van der Waals surface area contributed by atoms with E-state index in [2.05, 4.69) is 0 Å². The zero-order chi connectivity index (χ0) is 14.7. The van der Waals surface area contributed by atoms with Crippen molar-refractivity contribution in [3.05, 3.63) is 0 Å². The largest absolute Gasteiger partial charge is 0.479 e. The van der Waals surface area contributed by atoms with Crippen molar-refractivity contribution in [1.29, 1.82) is 0 Å². The average molecular weight is 285 g/mol. The van der Waals surface area contributed by atoms with Crippen molar-refractivity contribution in [3.63, 3.8) is 0 Å². The molecular formula is C13H19NO6. The smallest absolute Gasteiger partial charge is 0.332 e. The third-order valence-corrected chi connectivity index (χ3v) is 3.83. The highest BCUT2D eigenvalue weighted by molar-refractivity contribution is 5.88. The molecule has 0 aromatic carbocycles. The molecule has 2 heterocycles. The molecule has 0 aromatic rings. The van der Waals surface area contributed by atoms with Crippen molar-refractivity contribution in [1.82, 2.24) is 4.90 Å². The zero-order valence-corrected chi connectivity index (χ0v) is 11.4. The van der Waals surface area contributed by atoms with Gasteiger partial charge in [0.1, 0.15) is 12.1 Å². The number of hydrogen-bond acceptors (Lipinski definition) is 5. The minimum absolute atomic E-state index is 0.302. The van der Waals surface area contributed by atoms with E-state index in [0.29, 0.717) is 25.8 Å². The Bertz CT molecular complexity index is 410. The molecule has 1 amide bonds. The lowest BCUT2D eigenvalue weighted by atomic mass is 10.0. The Morgan fingerprint density at radius 2 is 1.85 bits per heavy atom. The molecule has 20 heavy (non-hydrogen) atoms. The van der Waals surface area contributed by atoms with Crippen LogP contribution in [0, 0.1) is 0 Å². The zero-order valence-electron chi connectivity index (χ0n) is 11.4. The first-order chi connectivity index (χ1) is 9.54. The highest BCUT2D eigenvalue weighted by atomic mass is 16.5. The molecule has 3 atom stereocenters. The number of esters is 1. The monoisotopic (exact) mass is 285 g/mol. The molecule has 0 aromatic heterocycles. The van der Waals surface area contributed by atoms with Crippen LogP contribution in [0.4, 0.5) is 0 Å². The van der Waals surface area contributed by atoms with Gasteiger partial charge in [-0.3, -0.25) is 4.79 Å². The van der Waals surface area contributed by atoms with Gasteiger partial charge in [-0.05, 0) is 32.1 Å². The van der Waals surface area contributed by atoms with Crippen LogP contribution in [-0.4, -0.2) is 59.8 Å². The number of amides is 1. The van der Waals surface area contributed by atoms with Gasteiger partial charge in [-0.15, -0.1) is 0 Å². The van der Waals surface area contributed by atoms with Crippen LogP contribution < -0.4 is 0 Å². The summed E-state index contributed by atoms with van der Waals surface area (Å²) in [6, 6.07) is -0.575. The first-order valence-electron chi connectivity index (χ1n) is 6.81. The summed E-state index contributed by atoms with van der Waals surface area (Å²) in [6.45, 7) is 0.482. The quantitative estimate of drug-likeness (QED) is 0.743.